The van der Waals surface area contributed by atoms with Gasteiger partial charge < -0.3 is 9.84 Å². The number of aliphatic hydroxyl groups excluding tert-OH is 1. The van der Waals surface area contributed by atoms with Crippen molar-refractivity contribution in [2.45, 2.75) is 77.9 Å². The first-order valence-electron chi connectivity index (χ1n) is 6.50. The van der Waals surface area contributed by atoms with E-state index in [9.17, 15) is 5.11 Å². The molecule has 2 unspecified atom stereocenters. The normalized spacial score (nSPS) is 15.2. The fourth-order valence-electron chi connectivity index (χ4n) is 1.73. The highest BCUT2D eigenvalue weighted by Crippen LogP contribution is 2.13. The topological polar surface area (TPSA) is 29.5 Å². The van der Waals surface area contributed by atoms with Gasteiger partial charge in [0, 0.05) is 6.61 Å². The second-order valence-corrected chi connectivity index (χ2v) is 4.43. The van der Waals surface area contributed by atoms with Gasteiger partial charge in [0.15, 0.2) is 0 Å². The van der Waals surface area contributed by atoms with Crippen LogP contribution in [0.5, 0.6) is 0 Å². The molecule has 0 saturated heterocycles. The van der Waals surface area contributed by atoms with E-state index in [1.807, 2.05) is 6.92 Å². The second kappa shape index (κ2) is 10.4. The Morgan fingerprint density at radius 2 is 1.80 bits per heavy atom. The van der Waals surface area contributed by atoms with Gasteiger partial charge in [-0.15, -0.1) is 0 Å². The first-order chi connectivity index (χ1) is 7.20. The monoisotopic (exact) mass is 216 g/mol. The van der Waals surface area contributed by atoms with Gasteiger partial charge in [-0.1, -0.05) is 39.5 Å². The summed E-state index contributed by atoms with van der Waals surface area (Å²) in [7, 11) is 0. The number of rotatable bonds is 10. The summed E-state index contributed by atoms with van der Waals surface area (Å²) in [5.41, 5.74) is 0. The van der Waals surface area contributed by atoms with E-state index in [0.29, 0.717) is 0 Å². The lowest BCUT2D eigenvalue weighted by Gasteiger charge is -2.19. The summed E-state index contributed by atoms with van der Waals surface area (Å²) in [5.74, 6) is 0. The van der Waals surface area contributed by atoms with Gasteiger partial charge in [0.05, 0.1) is 12.2 Å². The van der Waals surface area contributed by atoms with Crippen LogP contribution < -0.4 is 0 Å². The van der Waals surface area contributed by atoms with Crippen molar-refractivity contribution in [3.63, 3.8) is 0 Å². The van der Waals surface area contributed by atoms with Crippen molar-refractivity contribution in [3.8, 4) is 0 Å². The molecule has 0 aromatic carbocycles. The third-order valence-corrected chi connectivity index (χ3v) is 2.54. The molecule has 0 spiro atoms. The molecule has 0 aliphatic rings. The van der Waals surface area contributed by atoms with Crippen LogP contribution in [-0.4, -0.2) is 23.9 Å². The van der Waals surface area contributed by atoms with Gasteiger partial charge in [-0.2, -0.15) is 0 Å². The molecule has 0 aliphatic heterocycles. The zero-order valence-corrected chi connectivity index (χ0v) is 10.7. The van der Waals surface area contributed by atoms with E-state index in [-0.39, 0.29) is 12.2 Å². The first kappa shape index (κ1) is 14.9. The van der Waals surface area contributed by atoms with E-state index in [4.69, 9.17) is 4.74 Å². The van der Waals surface area contributed by atoms with Crippen molar-refractivity contribution in [2.75, 3.05) is 6.61 Å². The maximum atomic E-state index is 9.34. The van der Waals surface area contributed by atoms with Gasteiger partial charge in [0.2, 0.25) is 0 Å². The molecule has 2 nitrogen and oxygen atoms in total. The molecule has 2 atom stereocenters. The van der Waals surface area contributed by atoms with Gasteiger partial charge >= 0.3 is 0 Å². The molecule has 0 saturated carbocycles. The van der Waals surface area contributed by atoms with Crippen molar-refractivity contribution in [2.24, 2.45) is 0 Å². The molecule has 0 fully saturated rings. The Morgan fingerprint density at radius 1 is 1.07 bits per heavy atom. The smallest absolute Gasteiger partial charge is 0.0599 e. The van der Waals surface area contributed by atoms with Crippen molar-refractivity contribution in [3.05, 3.63) is 0 Å². The van der Waals surface area contributed by atoms with Crippen LogP contribution in [0.25, 0.3) is 0 Å². The molecule has 0 bridgehead atoms. The van der Waals surface area contributed by atoms with Crippen LogP contribution in [0.1, 0.15) is 65.7 Å². The molecule has 2 heteroatoms. The Morgan fingerprint density at radius 3 is 2.33 bits per heavy atom. The number of aliphatic hydroxyl groups is 1. The highest BCUT2D eigenvalue weighted by Gasteiger charge is 2.11. The van der Waals surface area contributed by atoms with Crippen LogP contribution in [0.4, 0.5) is 0 Å². The molecule has 0 amide bonds. The molecular weight excluding hydrogens is 188 g/mol. The Kier molecular flexibility index (Phi) is 10.4. The molecule has 0 aromatic rings. The Bertz CT molecular complexity index is 124. The van der Waals surface area contributed by atoms with Crippen molar-refractivity contribution in [1.82, 2.24) is 0 Å². The first-order valence-corrected chi connectivity index (χ1v) is 6.50. The van der Waals surface area contributed by atoms with Gasteiger partial charge in [-0.3, -0.25) is 0 Å². The van der Waals surface area contributed by atoms with Crippen LogP contribution in [0.15, 0.2) is 0 Å². The SMILES string of the molecule is CCCCCCC(CC(C)O)OCCC. The fraction of sp³-hybridized carbons (Fsp3) is 1.00. The van der Waals surface area contributed by atoms with Crippen LogP contribution >= 0.6 is 0 Å². The molecule has 1 N–H and O–H groups in total. The highest BCUT2D eigenvalue weighted by atomic mass is 16.5. The van der Waals surface area contributed by atoms with Gasteiger partial charge in [-0.25, -0.2) is 0 Å². The van der Waals surface area contributed by atoms with E-state index in [1.165, 1.54) is 25.7 Å². The van der Waals surface area contributed by atoms with E-state index in [2.05, 4.69) is 13.8 Å². The average Bonchev–Trinajstić information content (AvgIpc) is 2.19. The predicted octanol–water partition coefficient (Wildman–Crippen LogP) is 3.52. The number of hydrogen-bond donors (Lipinski definition) is 1. The van der Waals surface area contributed by atoms with Crippen LogP contribution in [0.3, 0.4) is 0 Å². The number of ether oxygens (including phenoxy) is 1. The summed E-state index contributed by atoms with van der Waals surface area (Å²) in [6.07, 6.45) is 8.09. The lowest BCUT2D eigenvalue weighted by molar-refractivity contribution is 0.0122. The number of unbranched alkanes of at least 4 members (excludes halogenated alkanes) is 3. The summed E-state index contributed by atoms with van der Waals surface area (Å²) < 4.78 is 5.72. The van der Waals surface area contributed by atoms with Crippen molar-refractivity contribution >= 4 is 0 Å². The quantitative estimate of drug-likeness (QED) is 0.566. The van der Waals surface area contributed by atoms with Crippen LogP contribution in [0.2, 0.25) is 0 Å². The van der Waals surface area contributed by atoms with E-state index in [1.54, 1.807) is 0 Å². The maximum absolute atomic E-state index is 9.34. The average molecular weight is 216 g/mol. The van der Waals surface area contributed by atoms with E-state index in [0.717, 1.165) is 25.9 Å². The summed E-state index contributed by atoms with van der Waals surface area (Å²) in [6, 6.07) is 0. The van der Waals surface area contributed by atoms with Crippen LogP contribution in [-0.2, 0) is 4.74 Å². The third kappa shape index (κ3) is 10.2. The highest BCUT2D eigenvalue weighted by molar-refractivity contribution is 4.62. The fourth-order valence-corrected chi connectivity index (χ4v) is 1.73. The molecular formula is C13H28O2. The largest absolute Gasteiger partial charge is 0.393 e. The minimum atomic E-state index is -0.238. The maximum Gasteiger partial charge on any atom is 0.0599 e. The van der Waals surface area contributed by atoms with Gasteiger partial charge in [0.1, 0.15) is 0 Å². The van der Waals surface area contributed by atoms with Crippen molar-refractivity contribution in [1.29, 1.82) is 0 Å². The lowest BCUT2D eigenvalue weighted by atomic mass is 10.0. The van der Waals surface area contributed by atoms with E-state index < -0.39 is 0 Å². The standard InChI is InChI=1S/C13H28O2/c1-4-6-7-8-9-13(11-12(3)14)15-10-5-2/h12-14H,4-11H2,1-3H3. The van der Waals surface area contributed by atoms with Crippen LogP contribution in [0, 0.1) is 0 Å². The van der Waals surface area contributed by atoms with E-state index >= 15 is 0 Å². The second-order valence-electron chi connectivity index (χ2n) is 4.43. The summed E-state index contributed by atoms with van der Waals surface area (Å²) in [6.45, 7) is 7.01. The molecule has 0 aromatic heterocycles. The minimum Gasteiger partial charge on any atom is -0.393 e. The molecule has 92 valence electrons. The molecule has 0 radical (unpaired) electrons. The molecule has 0 heterocycles. The molecule has 0 aliphatic carbocycles. The summed E-state index contributed by atoms with van der Waals surface area (Å²) >= 11 is 0. The lowest BCUT2D eigenvalue weighted by Crippen LogP contribution is -2.19. The Hall–Kier alpha value is -0.0800. The molecule has 0 rings (SSSR count). The van der Waals surface area contributed by atoms with Gasteiger partial charge in [-0.05, 0) is 26.2 Å². The third-order valence-electron chi connectivity index (χ3n) is 2.54. The zero-order valence-electron chi connectivity index (χ0n) is 10.7. The minimum absolute atomic E-state index is 0.238. The van der Waals surface area contributed by atoms with Crippen molar-refractivity contribution < 1.29 is 9.84 Å². The summed E-state index contributed by atoms with van der Waals surface area (Å²) in [5, 5.41) is 9.34. The Labute approximate surface area is 95.0 Å². The predicted molar refractivity (Wildman–Crippen MR) is 65.1 cm³/mol. The molecule has 15 heavy (non-hydrogen) atoms. The van der Waals surface area contributed by atoms with Gasteiger partial charge in [0.25, 0.3) is 0 Å². The summed E-state index contributed by atoms with van der Waals surface area (Å²) in [4.78, 5) is 0. The number of hydrogen-bond acceptors (Lipinski definition) is 2. The zero-order chi connectivity index (χ0) is 11.5. The Balaban J connectivity index is 3.59.